The summed E-state index contributed by atoms with van der Waals surface area (Å²) >= 11 is 0. The van der Waals surface area contributed by atoms with Gasteiger partial charge in [-0.3, -0.25) is 4.79 Å². The topological polar surface area (TPSA) is 20.3 Å². The van der Waals surface area contributed by atoms with Crippen LogP contribution in [0, 0.1) is 52.3 Å². The van der Waals surface area contributed by atoms with E-state index in [2.05, 4.69) is 46.4 Å². The van der Waals surface area contributed by atoms with Gasteiger partial charge in [0.1, 0.15) is 0 Å². The molecule has 0 bridgehead atoms. The first-order chi connectivity index (χ1) is 16.7. The van der Waals surface area contributed by atoms with Crippen LogP contribution in [0.1, 0.15) is 138 Å². The summed E-state index contributed by atoms with van der Waals surface area (Å²) < 4.78 is 0. The van der Waals surface area contributed by atoms with Gasteiger partial charge in [0.25, 0.3) is 0 Å². The number of rotatable bonds is 10. The van der Waals surface area contributed by atoms with Gasteiger partial charge in [-0.1, -0.05) is 80.1 Å². The molecule has 35 heavy (non-hydrogen) atoms. The standard InChI is InChI=1S/C33H59NO/c1-7-8-9-10-22-34-23-26-14-15-27-29-17-16-28(25(4)13-11-12-24(2)3)33(29,6)20-18-30(27)32(26,5)21-19-31(34)35/h24-30H,7-23H2,1-6H3/t25-,26+,27+,28-,29+,30+,32+,33-/m1/s1. The van der Waals surface area contributed by atoms with Gasteiger partial charge in [-0.2, -0.15) is 0 Å². The predicted octanol–water partition coefficient (Wildman–Crippen LogP) is 9.13. The van der Waals surface area contributed by atoms with Crippen molar-refractivity contribution in [2.24, 2.45) is 52.3 Å². The number of fused-ring (bicyclic) bond motifs is 5. The van der Waals surface area contributed by atoms with Gasteiger partial charge in [0, 0.05) is 19.5 Å². The Kier molecular flexibility index (Phi) is 9.01. The maximum absolute atomic E-state index is 13.1. The second-order valence-electron chi connectivity index (χ2n) is 14.6. The third kappa shape index (κ3) is 5.52. The molecule has 1 heterocycles. The first-order valence-electron chi connectivity index (χ1n) is 16.0. The van der Waals surface area contributed by atoms with Crippen molar-refractivity contribution >= 4 is 5.91 Å². The molecule has 0 N–H and O–H groups in total. The molecule has 2 nitrogen and oxygen atoms in total. The maximum atomic E-state index is 13.1. The summed E-state index contributed by atoms with van der Waals surface area (Å²) in [5, 5.41) is 0. The van der Waals surface area contributed by atoms with Crippen LogP contribution in [0.2, 0.25) is 0 Å². The molecule has 2 heteroatoms. The molecule has 1 amide bonds. The van der Waals surface area contributed by atoms with Gasteiger partial charge in [0.2, 0.25) is 5.91 Å². The van der Waals surface area contributed by atoms with E-state index in [9.17, 15) is 4.79 Å². The maximum Gasteiger partial charge on any atom is 0.222 e. The van der Waals surface area contributed by atoms with Crippen molar-refractivity contribution in [2.75, 3.05) is 13.1 Å². The van der Waals surface area contributed by atoms with Crippen molar-refractivity contribution in [3.8, 4) is 0 Å². The van der Waals surface area contributed by atoms with E-state index < -0.39 is 0 Å². The molecular weight excluding hydrogens is 426 g/mol. The first-order valence-corrected chi connectivity index (χ1v) is 16.0. The summed E-state index contributed by atoms with van der Waals surface area (Å²) in [6, 6.07) is 0. The largest absolute Gasteiger partial charge is 0.342 e. The third-order valence-corrected chi connectivity index (χ3v) is 12.2. The summed E-state index contributed by atoms with van der Waals surface area (Å²) in [7, 11) is 0. The van der Waals surface area contributed by atoms with Crippen LogP contribution >= 0.6 is 0 Å². The second kappa shape index (κ2) is 11.5. The Labute approximate surface area is 218 Å². The molecule has 3 saturated carbocycles. The number of unbranched alkanes of at least 4 members (excludes halogenated alkanes) is 3. The Morgan fingerprint density at radius 2 is 1.63 bits per heavy atom. The lowest BCUT2D eigenvalue weighted by atomic mass is 9.46. The summed E-state index contributed by atoms with van der Waals surface area (Å²) in [6.45, 7) is 17.0. The van der Waals surface area contributed by atoms with Crippen molar-refractivity contribution in [1.29, 1.82) is 0 Å². The Morgan fingerprint density at radius 1 is 0.857 bits per heavy atom. The van der Waals surface area contributed by atoms with Gasteiger partial charge in [-0.15, -0.1) is 0 Å². The lowest BCUT2D eigenvalue weighted by molar-refractivity contribution is -0.131. The number of nitrogens with zero attached hydrogens (tertiary/aromatic N) is 1. The molecule has 4 rings (SSSR count). The van der Waals surface area contributed by atoms with Gasteiger partial charge in [-0.05, 0) is 104 Å². The van der Waals surface area contributed by atoms with E-state index in [1.807, 2.05) is 0 Å². The molecule has 4 fully saturated rings. The zero-order valence-corrected chi connectivity index (χ0v) is 24.4. The van der Waals surface area contributed by atoms with Crippen LogP contribution in [0.4, 0.5) is 0 Å². The molecular formula is C33H59NO. The van der Waals surface area contributed by atoms with E-state index in [4.69, 9.17) is 0 Å². The minimum absolute atomic E-state index is 0.388. The van der Waals surface area contributed by atoms with Crippen LogP contribution in [-0.2, 0) is 4.79 Å². The van der Waals surface area contributed by atoms with E-state index in [0.29, 0.717) is 16.7 Å². The van der Waals surface area contributed by atoms with Crippen LogP contribution < -0.4 is 0 Å². The van der Waals surface area contributed by atoms with Crippen LogP contribution in [-0.4, -0.2) is 23.9 Å². The molecule has 0 aromatic carbocycles. The average molecular weight is 486 g/mol. The fraction of sp³-hybridized carbons (Fsp3) is 0.970. The third-order valence-electron chi connectivity index (χ3n) is 12.2. The van der Waals surface area contributed by atoms with Gasteiger partial charge in [0.15, 0.2) is 0 Å². The average Bonchev–Trinajstić information content (AvgIpc) is 3.11. The van der Waals surface area contributed by atoms with Crippen LogP contribution in [0.5, 0.6) is 0 Å². The molecule has 1 aliphatic heterocycles. The van der Waals surface area contributed by atoms with Crippen molar-refractivity contribution < 1.29 is 4.79 Å². The molecule has 0 aromatic heterocycles. The second-order valence-corrected chi connectivity index (χ2v) is 14.6. The Bertz CT molecular complexity index is 701. The predicted molar refractivity (Wildman–Crippen MR) is 149 cm³/mol. The van der Waals surface area contributed by atoms with Gasteiger partial charge in [-0.25, -0.2) is 0 Å². The minimum atomic E-state index is 0.388. The Hall–Kier alpha value is -0.530. The van der Waals surface area contributed by atoms with Crippen molar-refractivity contribution in [2.45, 2.75) is 138 Å². The van der Waals surface area contributed by atoms with Gasteiger partial charge >= 0.3 is 0 Å². The number of hydrogen-bond donors (Lipinski definition) is 0. The number of carbonyl (C=O) groups is 1. The number of hydrogen-bond acceptors (Lipinski definition) is 1. The molecule has 8 atom stereocenters. The zero-order valence-electron chi connectivity index (χ0n) is 24.4. The number of amides is 1. The molecule has 202 valence electrons. The zero-order chi connectivity index (χ0) is 25.2. The summed E-state index contributed by atoms with van der Waals surface area (Å²) in [6.07, 6.45) is 20.0. The van der Waals surface area contributed by atoms with E-state index >= 15 is 0 Å². The summed E-state index contributed by atoms with van der Waals surface area (Å²) in [5.41, 5.74) is 0.965. The highest BCUT2D eigenvalue weighted by atomic mass is 16.2. The van der Waals surface area contributed by atoms with E-state index in [1.54, 1.807) is 0 Å². The van der Waals surface area contributed by atoms with Crippen molar-refractivity contribution in [1.82, 2.24) is 4.90 Å². The van der Waals surface area contributed by atoms with Gasteiger partial charge < -0.3 is 4.90 Å². The van der Waals surface area contributed by atoms with E-state index in [1.165, 1.54) is 83.5 Å². The lowest BCUT2D eigenvalue weighted by Crippen LogP contribution is -2.53. The Morgan fingerprint density at radius 3 is 2.37 bits per heavy atom. The van der Waals surface area contributed by atoms with Crippen LogP contribution in [0.15, 0.2) is 0 Å². The molecule has 0 spiro atoms. The molecule has 3 aliphatic carbocycles. The highest BCUT2D eigenvalue weighted by Gasteiger charge is 2.60. The van der Waals surface area contributed by atoms with E-state index in [0.717, 1.165) is 67.4 Å². The molecule has 0 unspecified atom stereocenters. The van der Waals surface area contributed by atoms with Crippen LogP contribution in [0.3, 0.4) is 0 Å². The highest BCUT2D eigenvalue weighted by Crippen LogP contribution is 2.67. The fourth-order valence-corrected chi connectivity index (χ4v) is 10.1. The lowest BCUT2D eigenvalue weighted by Gasteiger charge is -2.59. The SMILES string of the molecule is CCCCCCN1C[C@@H]2CC[C@@H]3[C@H](CC[C@]4(C)[C@@H]([C@H](C)CCCC(C)C)CC[C@@H]34)[C@@]2(C)CCC1=O. The quantitative estimate of drug-likeness (QED) is 0.282. The highest BCUT2D eigenvalue weighted by molar-refractivity contribution is 5.76. The molecule has 4 aliphatic rings. The molecule has 0 radical (unpaired) electrons. The monoisotopic (exact) mass is 485 g/mol. The molecule has 1 saturated heterocycles. The minimum Gasteiger partial charge on any atom is -0.342 e. The first kappa shape index (κ1) is 27.5. The number of carbonyl (C=O) groups excluding carboxylic acids is 1. The van der Waals surface area contributed by atoms with E-state index in [-0.39, 0.29) is 0 Å². The number of likely N-dealkylation sites (tertiary alicyclic amines) is 1. The smallest absolute Gasteiger partial charge is 0.222 e. The fourth-order valence-electron chi connectivity index (χ4n) is 10.1. The van der Waals surface area contributed by atoms with Gasteiger partial charge in [0.05, 0.1) is 0 Å². The van der Waals surface area contributed by atoms with Crippen LogP contribution in [0.25, 0.3) is 0 Å². The molecule has 0 aromatic rings. The van der Waals surface area contributed by atoms with Crippen molar-refractivity contribution in [3.05, 3.63) is 0 Å². The summed E-state index contributed by atoms with van der Waals surface area (Å²) in [5.74, 6) is 6.61. The normalized spacial score (nSPS) is 40.3. The Balaban J connectivity index is 1.42. The van der Waals surface area contributed by atoms with Crippen molar-refractivity contribution in [3.63, 3.8) is 0 Å². The summed E-state index contributed by atoms with van der Waals surface area (Å²) in [4.78, 5) is 15.4.